The van der Waals surface area contributed by atoms with Gasteiger partial charge in [0.15, 0.2) is 0 Å². The highest BCUT2D eigenvalue weighted by molar-refractivity contribution is 9.10. The van der Waals surface area contributed by atoms with Crippen LogP contribution in [0.4, 0.5) is 14.9 Å². The van der Waals surface area contributed by atoms with Gasteiger partial charge >= 0.3 is 12.0 Å². The van der Waals surface area contributed by atoms with Crippen molar-refractivity contribution in [2.75, 3.05) is 18.4 Å². The van der Waals surface area contributed by atoms with Crippen molar-refractivity contribution in [1.29, 1.82) is 0 Å². The van der Waals surface area contributed by atoms with Gasteiger partial charge in [0.05, 0.1) is 11.1 Å². The van der Waals surface area contributed by atoms with Crippen LogP contribution in [0.2, 0.25) is 0 Å². The zero-order valence-electron chi connectivity index (χ0n) is 11.5. The molecule has 21 heavy (non-hydrogen) atoms. The van der Waals surface area contributed by atoms with E-state index in [1.165, 1.54) is 23.1 Å². The molecule has 2 N–H and O–H groups in total. The summed E-state index contributed by atoms with van der Waals surface area (Å²) < 4.78 is 13.4. The van der Waals surface area contributed by atoms with E-state index in [0.29, 0.717) is 29.5 Å². The van der Waals surface area contributed by atoms with E-state index in [4.69, 9.17) is 0 Å². The number of carbonyl (C=O) groups excluding carboxylic acids is 1. The molecule has 1 unspecified atom stereocenters. The number of carbonyl (C=O) groups is 2. The molecule has 1 aromatic rings. The Labute approximate surface area is 130 Å². The molecule has 1 fully saturated rings. The Morgan fingerprint density at radius 1 is 1.52 bits per heavy atom. The van der Waals surface area contributed by atoms with E-state index in [9.17, 15) is 19.1 Å². The number of urea groups is 1. The SMILES string of the molecule is CCC1(C(=O)O)CCN(C(=O)Nc2ccc(F)cc2Br)C1. The molecule has 0 bridgehead atoms. The molecular formula is C14H16BrFN2O3. The average Bonchev–Trinajstić information content (AvgIpc) is 2.88. The van der Waals surface area contributed by atoms with Crippen LogP contribution in [0.3, 0.4) is 0 Å². The van der Waals surface area contributed by atoms with Crippen molar-refractivity contribution in [3.8, 4) is 0 Å². The van der Waals surface area contributed by atoms with Crippen LogP contribution in [0.5, 0.6) is 0 Å². The largest absolute Gasteiger partial charge is 0.481 e. The Bertz CT molecular complexity index is 581. The van der Waals surface area contributed by atoms with Crippen molar-refractivity contribution in [3.63, 3.8) is 0 Å². The number of amides is 2. The number of benzene rings is 1. The van der Waals surface area contributed by atoms with Gasteiger partial charge in [0.1, 0.15) is 5.82 Å². The molecule has 2 rings (SSSR count). The Morgan fingerprint density at radius 2 is 2.24 bits per heavy atom. The molecule has 0 saturated carbocycles. The van der Waals surface area contributed by atoms with E-state index in [1.54, 1.807) is 0 Å². The third-order valence-corrected chi connectivity index (χ3v) is 4.60. The zero-order valence-corrected chi connectivity index (χ0v) is 13.1. The van der Waals surface area contributed by atoms with Gasteiger partial charge in [0, 0.05) is 17.6 Å². The summed E-state index contributed by atoms with van der Waals surface area (Å²) >= 11 is 3.18. The van der Waals surface area contributed by atoms with E-state index in [-0.39, 0.29) is 12.6 Å². The minimum Gasteiger partial charge on any atom is -0.481 e. The monoisotopic (exact) mass is 358 g/mol. The Balaban J connectivity index is 2.07. The summed E-state index contributed by atoms with van der Waals surface area (Å²) in [4.78, 5) is 25.0. The molecule has 0 radical (unpaired) electrons. The summed E-state index contributed by atoms with van der Waals surface area (Å²) in [7, 11) is 0. The molecule has 2 amide bonds. The van der Waals surface area contributed by atoms with E-state index in [1.807, 2.05) is 6.92 Å². The van der Waals surface area contributed by atoms with Crippen molar-refractivity contribution in [3.05, 3.63) is 28.5 Å². The summed E-state index contributed by atoms with van der Waals surface area (Å²) in [6.45, 7) is 2.39. The van der Waals surface area contributed by atoms with Gasteiger partial charge in [-0.25, -0.2) is 9.18 Å². The first-order valence-corrected chi connectivity index (χ1v) is 7.41. The van der Waals surface area contributed by atoms with E-state index >= 15 is 0 Å². The fourth-order valence-electron chi connectivity index (χ4n) is 2.45. The number of anilines is 1. The molecule has 1 saturated heterocycles. The van der Waals surface area contributed by atoms with Crippen molar-refractivity contribution < 1.29 is 19.1 Å². The number of nitrogens with zero attached hydrogens (tertiary/aromatic N) is 1. The van der Waals surface area contributed by atoms with Crippen molar-refractivity contribution in [2.45, 2.75) is 19.8 Å². The first kappa shape index (κ1) is 15.8. The van der Waals surface area contributed by atoms with Gasteiger partial charge in [-0.05, 0) is 47.0 Å². The summed E-state index contributed by atoms with van der Waals surface area (Å²) in [5, 5.41) is 12.0. The summed E-state index contributed by atoms with van der Waals surface area (Å²) in [5.74, 6) is -1.28. The number of hydrogen-bond acceptors (Lipinski definition) is 2. The molecule has 7 heteroatoms. The molecule has 1 heterocycles. The molecular weight excluding hydrogens is 343 g/mol. The Kier molecular flexibility index (Phi) is 4.51. The molecule has 1 atom stereocenters. The summed E-state index contributed by atoms with van der Waals surface area (Å²) in [5.41, 5.74) is -0.414. The normalized spacial score (nSPS) is 21.4. The highest BCUT2D eigenvalue weighted by Crippen LogP contribution is 2.34. The number of rotatable bonds is 3. The van der Waals surface area contributed by atoms with E-state index in [2.05, 4.69) is 21.2 Å². The molecule has 5 nitrogen and oxygen atoms in total. The zero-order chi connectivity index (χ0) is 15.6. The molecule has 114 valence electrons. The molecule has 0 spiro atoms. The predicted octanol–water partition coefficient (Wildman–Crippen LogP) is 3.31. The van der Waals surface area contributed by atoms with Crippen LogP contribution in [0, 0.1) is 11.2 Å². The van der Waals surface area contributed by atoms with E-state index < -0.39 is 17.2 Å². The van der Waals surface area contributed by atoms with Crippen LogP contribution < -0.4 is 5.32 Å². The quantitative estimate of drug-likeness (QED) is 0.870. The highest BCUT2D eigenvalue weighted by Gasteiger charge is 2.44. The van der Waals surface area contributed by atoms with Crippen LogP contribution in [-0.2, 0) is 4.79 Å². The lowest BCUT2D eigenvalue weighted by atomic mass is 9.84. The maximum atomic E-state index is 13.0. The van der Waals surface area contributed by atoms with Gasteiger partial charge < -0.3 is 15.3 Å². The van der Waals surface area contributed by atoms with Crippen LogP contribution in [0.25, 0.3) is 0 Å². The highest BCUT2D eigenvalue weighted by atomic mass is 79.9. The second-order valence-corrected chi connectivity index (χ2v) is 6.02. The van der Waals surface area contributed by atoms with Crippen LogP contribution in [0.1, 0.15) is 19.8 Å². The van der Waals surface area contributed by atoms with Gasteiger partial charge in [-0.3, -0.25) is 4.79 Å². The number of carboxylic acid groups (broad SMARTS) is 1. The fraction of sp³-hybridized carbons (Fsp3) is 0.429. The van der Waals surface area contributed by atoms with Gasteiger partial charge in [-0.1, -0.05) is 6.92 Å². The Hall–Kier alpha value is -1.63. The number of nitrogens with one attached hydrogen (secondary N) is 1. The maximum absolute atomic E-state index is 13.0. The van der Waals surface area contributed by atoms with E-state index in [0.717, 1.165) is 0 Å². The number of hydrogen-bond donors (Lipinski definition) is 2. The fourth-order valence-corrected chi connectivity index (χ4v) is 2.90. The standard InChI is InChI=1S/C14H16BrFN2O3/c1-2-14(12(19)20)5-6-18(8-14)13(21)17-11-4-3-9(16)7-10(11)15/h3-4,7H,2,5-6,8H2,1H3,(H,17,21)(H,19,20). The summed E-state index contributed by atoms with van der Waals surface area (Å²) in [6, 6.07) is 3.59. The van der Waals surface area contributed by atoms with Crippen LogP contribution >= 0.6 is 15.9 Å². The second kappa shape index (κ2) is 6.01. The maximum Gasteiger partial charge on any atom is 0.321 e. The smallest absolute Gasteiger partial charge is 0.321 e. The molecule has 0 aromatic heterocycles. The number of likely N-dealkylation sites (tertiary alicyclic amines) is 1. The number of halogens is 2. The molecule has 1 aliphatic rings. The van der Waals surface area contributed by atoms with Gasteiger partial charge in [0.25, 0.3) is 0 Å². The lowest BCUT2D eigenvalue weighted by Gasteiger charge is -2.23. The average molecular weight is 359 g/mol. The molecule has 1 aromatic carbocycles. The third-order valence-electron chi connectivity index (χ3n) is 3.94. The number of aliphatic carboxylic acids is 1. The van der Waals surface area contributed by atoms with Crippen LogP contribution in [-0.4, -0.2) is 35.1 Å². The molecule has 0 aliphatic carbocycles. The van der Waals surface area contributed by atoms with Crippen molar-refractivity contribution in [2.24, 2.45) is 5.41 Å². The lowest BCUT2D eigenvalue weighted by Crippen LogP contribution is -2.38. The van der Waals surface area contributed by atoms with Gasteiger partial charge in [0.2, 0.25) is 0 Å². The van der Waals surface area contributed by atoms with Crippen LogP contribution in [0.15, 0.2) is 22.7 Å². The minimum absolute atomic E-state index is 0.184. The second-order valence-electron chi connectivity index (χ2n) is 5.16. The van der Waals surface area contributed by atoms with Gasteiger partial charge in [-0.2, -0.15) is 0 Å². The third kappa shape index (κ3) is 3.18. The molecule has 1 aliphatic heterocycles. The first-order valence-electron chi connectivity index (χ1n) is 6.62. The summed E-state index contributed by atoms with van der Waals surface area (Å²) in [6.07, 6.45) is 0.920. The van der Waals surface area contributed by atoms with Crippen molar-refractivity contribution >= 4 is 33.6 Å². The van der Waals surface area contributed by atoms with Gasteiger partial charge in [-0.15, -0.1) is 0 Å². The lowest BCUT2D eigenvalue weighted by molar-refractivity contribution is -0.148. The predicted molar refractivity (Wildman–Crippen MR) is 79.7 cm³/mol. The minimum atomic E-state index is -0.872. The number of carboxylic acids is 1. The first-order chi connectivity index (χ1) is 9.88. The van der Waals surface area contributed by atoms with Crippen molar-refractivity contribution in [1.82, 2.24) is 4.90 Å². The topological polar surface area (TPSA) is 69.6 Å². The Morgan fingerprint density at radius 3 is 2.76 bits per heavy atom.